The van der Waals surface area contributed by atoms with Crippen LogP contribution >= 0.6 is 0 Å². The molecule has 0 radical (unpaired) electrons. The Kier molecular flexibility index (Phi) is 4.00. The minimum absolute atomic E-state index is 0.133. The molecule has 1 amide bonds. The lowest BCUT2D eigenvalue weighted by Crippen LogP contribution is -2.42. The van der Waals surface area contributed by atoms with Gasteiger partial charge in [0.2, 0.25) is 0 Å². The molecule has 0 saturated heterocycles. The molecule has 1 saturated carbocycles. The van der Waals surface area contributed by atoms with Crippen LogP contribution in [-0.2, 0) is 6.42 Å². The van der Waals surface area contributed by atoms with Gasteiger partial charge in [-0.1, -0.05) is 13.3 Å². The van der Waals surface area contributed by atoms with Gasteiger partial charge in [-0.05, 0) is 43.7 Å². The summed E-state index contributed by atoms with van der Waals surface area (Å²) in [7, 11) is 1.92. The van der Waals surface area contributed by atoms with Gasteiger partial charge < -0.3 is 4.90 Å². The SMILES string of the molecule is CCc1cnccc1C(=O)N(C)C(C)C1CCC1. The van der Waals surface area contributed by atoms with E-state index in [-0.39, 0.29) is 5.91 Å². The summed E-state index contributed by atoms with van der Waals surface area (Å²) in [4.78, 5) is 18.5. The van der Waals surface area contributed by atoms with Crippen molar-refractivity contribution < 1.29 is 4.79 Å². The van der Waals surface area contributed by atoms with E-state index in [1.807, 2.05) is 18.0 Å². The maximum absolute atomic E-state index is 12.5. The van der Waals surface area contributed by atoms with Gasteiger partial charge in [0, 0.05) is 31.0 Å². The Morgan fingerprint density at radius 2 is 2.28 bits per heavy atom. The topological polar surface area (TPSA) is 33.2 Å². The van der Waals surface area contributed by atoms with Crippen LogP contribution in [0.1, 0.15) is 49.0 Å². The van der Waals surface area contributed by atoms with E-state index in [1.54, 1.807) is 12.4 Å². The number of amides is 1. The lowest BCUT2D eigenvalue weighted by molar-refractivity contribution is 0.0628. The molecule has 0 bridgehead atoms. The molecule has 98 valence electrons. The normalized spacial score (nSPS) is 17.1. The number of pyridine rings is 1. The molecule has 0 N–H and O–H groups in total. The van der Waals surface area contributed by atoms with E-state index in [4.69, 9.17) is 0 Å². The Balaban J connectivity index is 2.14. The molecule has 2 rings (SSSR count). The summed E-state index contributed by atoms with van der Waals surface area (Å²) in [5.74, 6) is 0.819. The zero-order chi connectivity index (χ0) is 13.1. The van der Waals surface area contributed by atoms with Crippen molar-refractivity contribution >= 4 is 5.91 Å². The molecule has 1 fully saturated rings. The van der Waals surface area contributed by atoms with Gasteiger partial charge in [-0.15, -0.1) is 0 Å². The van der Waals surface area contributed by atoms with Crippen molar-refractivity contribution in [3.05, 3.63) is 29.6 Å². The van der Waals surface area contributed by atoms with Gasteiger partial charge in [0.15, 0.2) is 0 Å². The molecule has 1 aromatic heterocycles. The van der Waals surface area contributed by atoms with Crippen LogP contribution in [0.3, 0.4) is 0 Å². The second-order valence-corrected chi connectivity index (χ2v) is 5.23. The fourth-order valence-corrected chi connectivity index (χ4v) is 2.53. The highest BCUT2D eigenvalue weighted by atomic mass is 16.2. The highest BCUT2D eigenvalue weighted by Gasteiger charge is 2.29. The van der Waals surface area contributed by atoms with Crippen molar-refractivity contribution in [1.29, 1.82) is 0 Å². The van der Waals surface area contributed by atoms with Gasteiger partial charge in [-0.2, -0.15) is 0 Å². The zero-order valence-corrected chi connectivity index (χ0v) is 11.5. The molecule has 1 aliphatic rings. The van der Waals surface area contributed by atoms with Crippen LogP contribution in [0.25, 0.3) is 0 Å². The number of rotatable bonds is 4. The summed E-state index contributed by atoms with van der Waals surface area (Å²) in [6.07, 6.45) is 8.18. The van der Waals surface area contributed by atoms with Crippen molar-refractivity contribution in [3.8, 4) is 0 Å². The van der Waals surface area contributed by atoms with Crippen molar-refractivity contribution in [2.75, 3.05) is 7.05 Å². The number of carbonyl (C=O) groups excluding carboxylic acids is 1. The number of nitrogens with zero attached hydrogens (tertiary/aromatic N) is 2. The van der Waals surface area contributed by atoms with Crippen LogP contribution in [0.2, 0.25) is 0 Å². The largest absolute Gasteiger partial charge is 0.339 e. The van der Waals surface area contributed by atoms with Crippen molar-refractivity contribution in [3.63, 3.8) is 0 Å². The summed E-state index contributed by atoms with van der Waals surface area (Å²) in [5, 5.41) is 0. The predicted molar refractivity (Wildman–Crippen MR) is 72.5 cm³/mol. The minimum atomic E-state index is 0.133. The standard InChI is InChI=1S/C15H22N2O/c1-4-12-10-16-9-8-14(12)15(18)17(3)11(2)13-6-5-7-13/h8-11,13H,4-7H2,1-3H3. The molecule has 3 heteroatoms. The van der Waals surface area contributed by atoms with Crippen molar-refractivity contribution in [2.24, 2.45) is 5.92 Å². The third kappa shape index (κ3) is 2.40. The van der Waals surface area contributed by atoms with Gasteiger partial charge in [0.05, 0.1) is 0 Å². The minimum Gasteiger partial charge on any atom is -0.339 e. The van der Waals surface area contributed by atoms with E-state index in [9.17, 15) is 4.79 Å². The fourth-order valence-electron chi connectivity index (χ4n) is 2.53. The molecule has 3 nitrogen and oxygen atoms in total. The Hall–Kier alpha value is -1.38. The number of hydrogen-bond acceptors (Lipinski definition) is 2. The number of hydrogen-bond donors (Lipinski definition) is 0. The molecular weight excluding hydrogens is 224 g/mol. The summed E-state index contributed by atoms with van der Waals surface area (Å²) in [6, 6.07) is 2.18. The number of aryl methyl sites for hydroxylation is 1. The Labute approximate surface area is 109 Å². The van der Waals surface area contributed by atoms with Crippen LogP contribution in [0.4, 0.5) is 0 Å². The first-order valence-corrected chi connectivity index (χ1v) is 6.85. The second-order valence-electron chi connectivity index (χ2n) is 5.23. The molecule has 1 aliphatic carbocycles. The third-order valence-corrected chi connectivity index (χ3v) is 4.28. The van der Waals surface area contributed by atoms with E-state index < -0.39 is 0 Å². The van der Waals surface area contributed by atoms with Gasteiger partial charge in [0.1, 0.15) is 0 Å². The molecule has 1 heterocycles. The maximum atomic E-state index is 12.5. The molecule has 0 spiro atoms. The number of carbonyl (C=O) groups is 1. The van der Waals surface area contributed by atoms with Gasteiger partial charge in [-0.3, -0.25) is 9.78 Å². The number of aromatic nitrogens is 1. The summed E-state index contributed by atoms with van der Waals surface area (Å²) < 4.78 is 0. The van der Waals surface area contributed by atoms with E-state index >= 15 is 0 Å². The first-order valence-electron chi connectivity index (χ1n) is 6.85. The van der Waals surface area contributed by atoms with Crippen LogP contribution in [-0.4, -0.2) is 28.9 Å². The van der Waals surface area contributed by atoms with Crippen LogP contribution in [0.15, 0.2) is 18.5 Å². The van der Waals surface area contributed by atoms with E-state index in [0.29, 0.717) is 12.0 Å². The molecule has 0 aromatic carbocycles. The van der Waals surface area contributed by atoms with Crippen molar-refractivity contribution in [1.82, 2.24) is 9.88 Å². The van der Waals surface area contributed by atoms with Gasteiger partial charge in [-0.25, -0.2) is 0 Å². The lowest BCUT2D eigenvalue weighted by atomic mass is 9.80. The smallest absolute Gasteiger partial charge is 0.254 e. The zero-order valence-electron chi connectivity index (χ0n) is 11.5. The first-order chi connectivity index (χ1) is 8.65. The van der Waals surface area contributed by atoms with Crippen LogP contribution in [0, 0.1) is 5.92 Å². The van der Waals surface area contributed by atoms with E-state index in [1.165, 1.54) is 19.3 Å². The van der Waals surface area contributed by atoms with Crippen LogP contribution in [0.5, 0.6) is 0 Å². The first kappa shape index (κ1) is 13.1. The Bertz CT molecular complexity index is 426. The fraction of sp³-hybridized carbons (Fsp3) is 0.600. The lowest BCUT2D eigenvalue weighted by Gasteiger charge is -2.37. The monoisotopic (exact) mass is 246 g/mol. The highest BCUT2D eigenvalue weighted by Crippen LogP contribution is 2.32. The molecule has 1 aromatic rings. The quantitative estimate of drug-likeness (QED) is 0.818. The van der Waals surface area contributed by atoms with Crippen molar-refractivity contribution in [2.45, 2.75) is 45.6 Å². The van der Waals surface area contributed by atoms with E-state index in [2.05, 4.69) is 18.8 Å². The molecular formula is C15H22N2O. The molecule has 1 atom stereocenters. The second kappa shape index (κ2) is 5.51. The molecule has 1 unspecified atom stereocenters. The van der Waals surface area contributed by atoms with Gasteiger partial charge >= 0.3 is 0 Å². The Morgan fingerprint density at radius 3 is 2.83 bits per heavy atom. The van der Waals surface area contributed by atoms with E-state index in [0.717, 1.165) is 17.5 Å². The summed E-state index contributed by atoms with van der Waals surface area (Å²) in [6.45, 7) is 4.22. The van der Waals surface area contributed by atoms with Crippen LogP contribution < -0.4 is 0 Å². The highest BCUT2D eigenvalue weighted by molar-refractivity contribution is 5.95. The maximum Gasteiger partial charge on any atom is 0.254 e. The molecule has 18 heavy (non-hydrogen) atoms. The average molecular weight is 246 g/mol. The van der Waals surface area contributed by atoms with Gasteiger partial charge in [0.25, 0.3) is 5.91 Å². The summed E-state index contributed by atoms with van der Waals surface area (Å²) >= 11 is 0. The molecule has 0 aliphatic heterocycles. The third-order valence-electron chi connectivity index (χ3n) is 4.28. The predicted octanol–water partition coefficient (Wildman–Crippen LogP) is 2.90. The average Bonchev–Trinajstić information content (AvgIpc) is 2.34. The Morgan fingerprint density at radius 1 is 1.56 bits per heavy atom. The summed E-state index contributed by atoms with van der Waals surface area (Å²) in [5.41, 5.74) is 1.84.